The molecule has 0 heterocycles. The molecule has 114 valence electrons. The molecule has 0 radical (unpaired) electrons. The maximum absolute atomic E-state index is 12.7. The molecule has 7 heteroatoms. The van der Waals surface area contributed by atoms with Crippen LogP contribution in [-0.2, 0) is 4.79 Å². The quantitative estimate of drug-likeness (QED) is 0.849. The van der Waals surface area contributed by atoms with Crippen molar-refractivity contribution in [2.45, 2.75) is 0 Å². The van der Waals surface area contributed by atoms with Gasteiger partial charge in [0.2, 0.25) is 0 Å². The zero-order valence-electron chi connectivity index (χ0n) is 11.2. The molecule has 0 atom stereocenters. The summed E-state index contributed by atoms with van der Waals surface area (Å²) in [5, 5.41) is 11.6. The van der Waals surface area contributed by atoms with E-state index >= 15 is 0 Å². The Morgan fingerprint density at radius 3 is 2.50 bits per heavy atom. The third-order valence-electron chi connectivity index (χ3n) is 2.67. The topological polar surface area (TPSA) is 75.6 Å². The van der Waals surface area contributed by atoms with Gasteiger partial charge >= 0.3 is 5.97 Å². The van der Waals surface area contributed by atoms with Gasteiger partial charge in [0.05, 0.1) is 11.3 Å². The Balaban J connectivity index is 2.00. The number of carboxylic acids is 1. The van der Waals surface area contributed by atoms with Crippen LogP contribution in [0, 0.1) is 5.82 Å². The van der Waals surface area contributed by atoms with Crippen molar-refractivity contribution in [3.8, 4) is 5.75 Å². The highest BCUT2D eigenvalue weighted by molar-refractivity contribution is 9.10. The van der Waals surface area contributed by atoms with E-state index in [-0.39, 0.29) is 17.9 Å². The highest BCUT2D eigenvalue weighted by Crippen LogP contribution is 2.21. The van der Waals surface area contributed by atoms with E-state index in [1.54, 1.807) is 6.07 Å². The number of ether oxygens (including phenoxy) is 1. The van der Waals surface area contributed by atoms with Crippen LogP contribution in [0.1, 0.15) is 10.4 Å². The van der Waals surface area contributed by atoms with Crippen molar-refractivity contribution < 1.29 is 23.8 Å². The van der Waals surface area contributed by atoms with Crippen molar-refractivity contribution in [2.75, 3.05) is 11.9 Å². The highest BCUT2D eigenvalue weighted by atomic mass is 79.9. The van der Waals surface area contributed by atoms with Crippen LogP contribution in [0.5, 0.6) is 5.75 Å². The summed E-state index contributed by atoms with van der Waals surface area (Å²) in [5.41, 5.74) is 0.132. The smallest absolute Gasteiger partial charge is 0.337 e. The molecule has 22 heavy (non-hydrogen) atoms. The third-order valence-corrected chi connectivity index (χ3v) is 3.16. The Labute approximate surface area is 133 Å². The molecule has 0 aliphatic rings. The number of carbonyl (C=O) groups excluding carboxylic acids is 1. The monoisotopic (exact) mass is 367 g/mol. The molecule has 0 saturated carbocycles. The Bertz CT molecular complexity index is 703. The summed E-state index contributed by atoms with van der Waals surface area (Å²) in [7, 11) is 0. The van der Waals surface area contributed by atoms with Gasteiger partial charge in [-0.25, -0.2) is 9.18 Å². The third kappa shape index (κ3) is 4.29. The van der Waals surface area contributed by atoms with Crippen LogP contribution in [0.25, 0.3) is 0 Å². The van der Waals surface area contributed by atoms with Gasteiger partial charge in [-0.1, -0.05) is 15.9 Å². The summed E-state index contributed by atoms with van der Waals surface area (Å²) in [6.07, 6.45) is 0. The molecule has 0 aliphatic carbocycles. The Morgan fingerprint density at radius 2 is 1.86 bits per heavy atom. The average Bonchev–Trinajstić information content (AvgIpc) is 2.48. The molecule has 0 fully saturated rings. The molecule has 0 saturated heterocycles. The molecular formula is C15H11BrFNO4. The Morgan fingerprint density at radius 1 is 1.18 bits per heavy atom. The maximum Gasteiger partial charge on any atom is 0.337 e. The van der Waals surface area contributed by atoms with Crippen molar-refractivity contribution in [1.82, 2.24) is 0 Å². The van der Waals surface area contributed by atoms with Crippen molar-refractivity contribution in [1.29, 1.82) is 0 Å². The second kappa shape index (κ2) is 7.04. The minimum atomic E-state index is -1.16. The predicted octanol–water partition coefficient (Wildman–Crippen LogP) is 3.30. The Hall–Kier alpha value is -2.41. The van der Waals surface area contributed by atoms with E-state index in [1.807, 2.05) is 0 Å². The van der Waals surface area contributed by atoms with Gasteiger partial charge in [-0.05, 0) is 42.5 Å². The van der Waals surface area contributed by atoms with Crippen LogP contribution in [0.2, 0.25) is 0 Å². The number of aromatic carboxylic acids is 1. The van der Waals surface area contributed by atoms with Crippen molar-refractivity contribution in [2.24, 2.45) is 0 Å². The highest BCUT2D eigenvalue weighted by Gasteiger charge is 2.13. The number of benzene rings is 2. The van der Waals surface area contributed by atoms with Crippen LogP contribution < -0.4 is 10.1 Å². The van der Waals surface area contributed by atoms with Crippen molar-refractivity contribution in [3.63, 3.8) is 0 Å². The van der Waals surface area contributed by atoms with Crippen LogP contribution in [0.15, 0.2) is 46.9 Å². The SMILES string of the molecule is O=C(COc1ccc(F)cc1)Nc1ccc(Br)cc1C(=O)O. The second-order valence-corrected chi connectivity index (χ2v) is 5.20. The van der Waals surface area contributed by atoms with E-state index in [2.05, 4.69) is 21.2 Å². The fourth-order valence-corrected chi connectivity index (χ4v) is 2.03. The number of rotatable bonds is 5. The van der Waals surface area contributed by atoms with E-state index < -0.39 is 17.7 Å². The van der Waals surface area contributed by atoms with Crippen LogP contribution in [-0.4, -0.2) is 23.6 Å². The first-order chi connectivity index (χ1) is 10.5. The predicted molar refractivity (Wildman–Crippen MR) is 81.6 cm³/mol. The van der Waals surface area contributed by atoms with Gasteiger partial charge in [-0.15, -0.1) is 0 Å². The molecule has 2 aromatic carbocycles. The molecule has 2 rings (SSSR count). The van der Waals surface area contributed by atoms with E-state index in [4.69, 9.17) is 9.84 Å². The molecule has 0 bridgehead atoms. The van der Waals surface area contributed by atoms with Crippen LogP contribution >= 0.6 is 15.9 Å². The first-order valence-electron chi connectivity index (χ1n) is 6.17. The van der Waals surface area contributed by atoms with E-state index in [0.29, 0.717) is 10.2 Å². The van der Waals surface area contributed by atoms with E-state index in [9.17, 15) is 14.0 Å². The fraction of sp³-hybridized carbons (Fsp3) is 0.0667. The van der Waals surface area contributed by atoms with Gasteiger partial charge < -0.3 is 15.2 Å². The van der Waals surface area contributed by atoms with Gasteiger partial charge in [-0.2, -0.15) is 0 Å². The number of nitrogens with one attached hydrogen (secondary N) is 1. The number of amides is 1. The lowest BCUT2D eigenvalue weighted by molar-refractivity contribution is -0.118. The molecule has 1 amide bonds. The lowest BCUT2D eigenvalue weighted by Crippen LogP contribution is -2.21. The number of carbonyl (C=O) groups is 2. The summed E-state index contributed by atoms with van der Waals surface area (Å²) in [6.45, 7) is -0.319. The number of hydrogen-bond donors (Lipinski definition) is 2. The number of anilines is 1. The number of carboxylic acid groups (broad SMARTS) is 1. The summed E-state index contributed by atoms with van der Waals surface area (Å²) in [5.74, 6) is -1.74. The lowest BCUT2D eigenvalue weighted by Gasteiger charge is -2.10. The standard InChI is InChI=1S/C15H11BrFNO4/c16-9-1-6-13(12(7-9)15(20)21)18-14(19)8-22-11-4-2-10(17)3-5-11/h1-7H,8H2,(H,18,19)(H,20,21). The first kappa shape index (κ1) is 16.0. The average molecular weight is 368 g/mol. The molecule has 2 aromatic rings. The summed E-state index contributed by atoms with van der Waals surface area (Å²) in [4.78, 5) is 22.9. The normalized spacial score (nSPS) is 10.1. The van der Waals surface area contributed by atoms with Gasteiger partial charge in [0, 0.05) is 4.47 Å². The van der Waals surface area contributed by atoms with E-state index in [0.717, 1.165) is 0 Å². The maximum atomic E-state index is 12.7. The van der Waals surface area contributed by atoms with Crippen LogP contribution in [0.4, 0.5) is 10.1 Å². The molecule has 0 aromatic heterocycles. The Kier molecular flexibility index (Phi) is 5.11. The molecule has 2 N–H and O–H groups in total. The summed E-state index contributed by atoms with van der Waals surface area (Å²) < 4.78 is 18.5. The van der Waals surface area contributed by atoms with Crippen molar-refractivity contribution in [3.05, 3.63) is 58.3 Å². The minimum Gasteiger partial charge on any atom is -0.484 e. The number of hydrogen-bond acceptors (Lipinski definition) is 3. The van der Waals surface area contributed by atoms with Gasteiger partial charge in [0.15, 0.2) is 6.61 Å². The molecule has 0 aliphatic heterocycles. The minimum absolute atomic E-state index is 0.0375. The summed E-state index contributed by atoms with van der Waals surface area (Å²) >= 11 is 3.17. The van der Waals surface area contributed by atoms with Gasteiger partial charge in [0.25, 0.3) is 5.91 Å². The van der Waals surface area contributed by atoms with Crippen molar-refractivity contribution >= 4 is 33.5 Å². The first-order valence-corrected chi connectivity index (χ1v) is 6.96. The number of halogens is 2. The zero-order valence-corrected chi connectivity index (χ0v) is 12.8. The van der Waals surface area contributed by atoms with Crippen LogP contribution in [0.3, 0.4) is 0 Å². The summed E-state index contributed by atoms with van der Waals surface area (Å²) in [6, 6.07) is 9.69. The largest absolute Gasteiger partial charge is 0.484 e. The molecule has 5 nitrogen and oxygen atoms in total. The molecule has 0 spiro atoms. The van der Waals surface area contributed by atoms with E-state index in [1.165, 1.54) is 36.4 Å². The zero-order chi connectivity index (χ0) is 16.1. The molecule has 0 unspecified atom stereocenters. The lowest BCUT2D eigenvalue weighted by atomic mass is 10.2. The van der Waals surface area contributed by atoms with Gasteiger partial charge in [-0.3, -0.25) is 4.79 Å². The molecular weight excluding hydrogens is 357 g/mol. The fourth-order valence-electron chi connectivity index (χ4n) is 1.67. The second-order valence-electron chi connectivity index (χ2n) is 4.29. The van der Waals surface area contributed by atoms with Gasteiger partial charge in [0.1, 0.15) is 11.6 Å².